The van der Waals surface area contributed by atoms with Crippen LogP contribution in [0.5, 0.6) is 0 Å². The fraction of sp³-hybridized carbons (Fsp3) is 0.647. The predicted octanol–water partition coefficient (Wildman–Crippen LogP) is 11.9. The molecule has 0 aromatic heterocycles. The molecule has 0 nitrogen and oxygen atoms in total. The van der Waals surface area contributed by atoms with Crippen LogP contribution in [-0.2, 0) is 10.8 Å². The van der Waals surface area contributed by atoms with Crippen LogP contribution in [0.1, 0.15) is 128 Å². The van der Waals surface area contributed by atoms with Crippen molar-refractivity contribution in [3.05, 3.63) is 56.5 Å². The number of unbranched alkanes of at least 4 members (excludes halogenated alkanes) is 8. The molecule has 0 unspecified atom stereocenters. The minimum atomic E-state index is 0.322. The zero-order valence-electron chi connectivity index (χ0n) is 22.7. The van der Waals surface area contributed by atoms with Crippen LogP contribution in [0, 0.1) is 11.8 Å². The van der Waals surface area contributed by atoms with Crippen LogP contribution >= 0.6 is 31.9 Å². The second kappa shape index (κ2) is 11.6. The van der Waals surface area contributed by atoms with Crippen molar-refractivity contribution in [3.8, 4) is 11.1 Å². The smallest absolute Gasteiger partial charge is 0.0178 e. The molecule has 2 heteroatoms. The third-order valence-electron chi connectivity index (χ3n) is 10.2. The van der Waals surface area contributed by atoms with Gasteiger partial charge in [-0.3, -0.25) is 0 Å². The van der Waals surface area contributed by atoms with Gasteiger partial charge >= 0.3 is 0 Å². The maximum Gasteiger partial charge on any atom is 0.0178 e. The molecule has 196 valence electrons. The van der Waals surface area contributed by atoms with Crippen molar-refractivity contribution in [1.82, 2.24) is 0 Å². The van der Waals surface area contributed by atoms with E-state index in [1.165, 1.54) is 123 Å². The van der Waals surface area contributed by atoms with Crippen molar-refractivity contribution in [3.63, 3.8) is 0 Å². The molecule has 0 N–H and O–H groups in total. The van der Waals surface area contributed by atoms with E-state index in [0.717, 1.165) is 11.8 Å². The highest BCUT2D eigenvalue weighted by Gasteiger charge is 2.66. The van der Waals surface area contributed by atoms with Crippen LogP contribution in [0.25, 0.3) is 11.1 Å². The van der Waals surface area contributed by atoms with Crippen molar-refractivity contribution < 1.29 is 0 Å². The van der Waals surface area contributed by atoms with E-state index in [0.29, 0.717) is 10.8 Å². The fourth-order valence-corrected chi connectivity index (χ4v) is 9.52. The van der Waals surface area contributed by atoms with E-state index in [-0.39, 0.29) is 0 Å². The zero-order valence-corrected chi connectivity index (χ0v) is 25.9. The molecule has 2 fully saturated rings. The second-order valence-corrected chi connectivity index (χ2v) is 14.3. The number of hydrogen-bond acceptors (Lipinski definition) is 0. The van der Waals surface area contributed by atoms with Gasteiger partial charge in [-0.25, -0.2) is 0 Å². The van der Waals surface area contributed by atoms with E-state index in [4.69, 9.17) is 0 Å². The monoisotopic (exact) mass is 612 g/mol. The lowest BCUT2D eigenvalue weighted by Gasteiger charge is -2.47. The fourth-order valence-electron chi connectivity index (χ4n) is 8.79. The topological polar surface area (TPSA) is 0 Å². The first-order chi connectivity index (χ1) is 17.5. The van der Waals surface area contributed by atoms with Gasteiger partial charge in [-0.15, -0.1) is 0 Å². The minimum absolute atomic E-state index is 0.322. The third kappa shape index (κ3) is 4.92. The summed E-state index contributed by atoms with van der Waals surface area (Å²) in [6.45, 7) is 4.65. The van der Waals surface area contributed by atoms with E-state index >= 15 is 0 Å². The number of halogens is 2. The summed E-state index contributed by atoms with van der Waals surface area (Å²) in [5.41, 5.74) is 7.03. The lowest BCUT2D eigenvalue weighted by atomic mass is 9.55. The summed E-state index contributed by atoms with van der Waals surface area (Å²) < 4.78 is 2.52. The first-order valence-corrected chi connectivity index (χ1v) is 16.7. The van der Waals surface area contributed by atoms with Crippen LogP contribution in [0.2, 0.25) is 0 Å². The van der Waals surface area contributed by atoms with Gasteiger partial charge < -0.3 is 0 Å². The van der Waals surface area contributed by atoms with Gasteiger partial charge in [-0.1, -0.05) is 135 Å². The third-order valence-corrected chi connectivity index (χ3v) is 11.2. The Morgan fingerprint density at radius 1 is 0.583 bits per heavy atom. The lowest BCUT2D eigenvalue weighted by Crippen LogP contribution is -2.43. The number of rotatable bonds is 12. The molecule has 0 atom stereocenters. The Labute approximate surface area is 237 Å². The van der Waals surface area contributed by atoms with E-state index in [9.17, 15) is 0 Å². The Bertz CT molecular complexity index is 942. The molecule has 2 aromatic carbocycles. The van der Waals surface area contributed by atoms with Gasteiger partial charge in [0.2, 0.25) is 0 Å². The standard InChI is InChI=1S/C34H46Br2/c1-3-5-7-9-11-13-25-21-33-23-26(14-12-10-8-6-4-2)24-34(33,22-25)32-20-28(36)16-18-30(32)29-17-15-27(35)19-31(29)33/h15-20,25-26H,3-14,21-24H2,1-2H3/t25?,26?,33-,34+. The Balaban J connectivity index is 1.49. The first kappa shape index (κ1) is 27.0. The molecular formula is C34H46Br2. The van der Waals surface area contributed by atoms with Crippen LogP contribution in [0.4, 0.5) is 0 Å². The summed E-state index contributed by atoms with van der Waals surface area (Å²) in [4.78, 5) is 0. The van der Waals surface area contributed by atoms with Gasteiger partial charge in [-0.05, 0) is 84.0 Å². The van der Waals surface area contributed by atoms with Crippen LogP contribution < -0.4 is 0 Å². The van der Waals surface area contributed by atoms with E-state index in [2.05, 4.69) is 82.1 Å². The molecule has 5 rings (SSSR count). The quantitative estimate of drug-likeness (QED) is 0.209. The summed E-state index contributed by atoms with van der Waals surface area (Å²) in [6.07, 6.45) is 22.5. The average Bonchev–Trinajstić information content (AvgIpc) is 3.35. The largest absolute Gasteiger partial charge is 0.0654 e. The summed E-state index contributed by atoms with van der Waals surface area (Å²) in [5, 5.41) is 0. The Morgan fingerprint density at radius 3 is 1.36 bits per heavy atom. The summed E-state index contributed by atoms with van der Waals surface area (Å²) in [5.74, 6) is 1.74. The van der Waals surface area contributed by atoms with Crippen LogP contribution in [-0.4, -0.2) is 0 Å². The molecule has 2 aromatic rings. The highest BCUT2D eigenvalue weighted by atomic mass is 79.9. The second-order valence-electron chi connectivity index (χ2n) is 12.5. The Kier molecular flexibility index (Phi) is 8.73. The van der Waals surface area contributed by atoms with Gasteiger partial charge in [-0.2, -0.15) is 0 Å². The highest BCUT2D eigenvalue weighted by molar-refractivity contribution is 9.10. The molecule has 0 saturated heterocycles. The summed E-state index contributed by atoms with van der Waals surface area (Å²) in [7, 11) is 0. The molecule has 0 amide bonds. The summed E-state index contributed by atoms with van der Waals surface area (Å²) >= 11 is 7.77. The SMILES string of the molecule is CCCCCCCC1C[C@]23CC(CCCCCCC)C[C@@]2(C1)c1cc(Br)ccc1-c1ccc(Br)cc13. The lowest BCUT2D eigenvalue weighted by molar-refractivity contribution is 0.299. The first-order valence-electron chi connectivity index (χ1n) is 15.1. The van der Waals surface area contributed by atoms with Crippen molar-refractivity contribution in [2.24, 2.45) is 11.8 Å². The summed E-state index contributed by atoms with van der Waals surface area (Å²) in [6, 6.07) is 14.4. The van der Waals surface area contributed by atoms with Crippen molar-refractivity contribution in [1.29, 1.82) is 0 Å². The molecule has 3 aliphatic carbocycles. The molecule has 0 spiro atoms. The molecule has 3 aliphatic rings. The zero-order chi connectivity index (χ0) is 25.2. The van der Waals surface area contributed by atoms with Gasteiger partial charge in [0.15, 0.2) is 0 Å². The minimum Gasteiger partial charge on any atom is -0.0654 e. The maximum atomic E-state index is 3.89. The highest BCUT2D eigenvalue weighted by Crippen LogP contribution is 2.72. The normalized spacial score (nSPS) is 28.0. The van der Waals surface area contributed by atoms with E-state index < -0.39 is 0 Å². The maximum absolute atomic E-state index is 3.89. The van der Waals surface area contributed by atoms with Crippen LogP contribution in [0.3, 0.4) is 0 Å². The molecular weight excluding hydrogens is 568 g/mol. The van der Waals surface area contributed by atoms with E-state index in [1.807, 2.05) is 0 Å². The predicted molar refractivity (Wildman–Crippen MR) is 163 cm³/mol. The molecule has 0 radical (unpaired) electrons. The molecule has 2 saturated carbocycles. The average molecular weight is 615 g/mol. The van der Waals surface area contributed by atoms with Gasteiger partial charge in [0.1, 0.15) is 0 Å². The molecule has 0 aliphatic heterocycles. The molecule has 0 heterocycles. The number of hydrogen-bond donors (Lipinski definition) is 0. The van der Waals surface area contributed by atoms with Gasteiger partial charge in [0, 0.05) is 19.8 Å². The molecule has 0 bridgehead atoms. The van der Waals surface area contributed by atoms with Crippen molar-refractivity contribution >= 4 is 31.9 Å². The number of benzene rings is 2. The van der Waals surface area contributed by atoms with Crippen LogP contribution in [0.15, 0.2) is 45.3 Å². The van der Waals surface area contributed by atoms with Crippen molar-refractivity contribution in [2.45, 2.75) is 127 Å². The Hall–Kier alpha value is -0.600. The van der Waals surface area contributed by atoms with Gasteiger partial charge in [0.05, 0.1) is 0 Å². The van der Waals surface area contributed by atoms with E-state index in [1.54, 1.807) is 11.1 Å². The Morgan fingerprint density at radius 2 is 0.972 bits per heavy atom. The number of fused-ring (bicyclic) bond motifs is 3. The molecule has 36 heavy (non-hydrogen) atoms. The van der Waals surface area contributed by atoms with Gasteiger partial charge in [0.25, 0.3) is 0 Å². The van der Waals surface area contributed by atoms with Crippen molar-refractivity contribution in [2.75, 3.05) is 0 Å².